The fourth-order valence-corrected chi connectivity index (χ4v) is 2.28. The molecule has 1 fully saturated rings. The molecule has 1 aromatic carbocycles. The molecule has 108 valence electrons. The first-order valence-electron chi connectivity index (χ1n) is 6.97. The van der Waals surface area contributed by atoms with E-state index >= 15 is 0 Å². The molecule has 2 rings (SSSR count). The zero-order chi connectivity index (χ0) is 14.4. The van der Waals surface area contributed by atoms with Crippen LogP contribution in [0.5, 0.6) is 0 Å². The largest absolute Gasteiger partial charge is 0.445 e. The molecule has 0 spiro atoms. The maximum atomic E-state index is 12.0. The third-order valence-corrected chi connectivity index (χ3v) is 3.33. The van der Waals surface area contributed by atoms with Crippen LogP contribution in [0.3, 0.4) is 0 Å². The SMILES string of the molecule is C=C(C)CN1CCN(C(=O)OCc2ccccc2)CC1. The average molecular weight is 274 g/mol. The summed E-state index contributed by atoms with van der Waals surface area (Å²) in [5.74, 6) is 0. The molecule has 1 aromatic rings. The minimum atomic E-state index is -0.219. The van der Waals surface area contributed by atoms with E-state index in [1.54, 1.807) is 4.90 Å². The number of carbonyl (C=O) groups excluding carboxylic acids is 1. The van der Waals surface area contributed by atoms with Crippen LogP contribution in [0.4, 0.5) is 4.79 Å². The Kier molecular flexibility index (Phi) is 5.18. The Morgan fingerprint density at radius 2 is 1.85 bits per heavy atom. The van der Waals surface area contributed by atoms with Crippen molar-refractivity contribution < 1.29 is 9.53 Å². The minimum absolute atomic E-state index is 0.219. The van der Waals surface area contributed by atoms with Gasteiger partial charge in [0, 0.05) is 32.7 Å². The maximum absolute atomic E-state index is 12.0. The molecule has 0 saturated carbocycles. The minimum Gasteiger partial charge on any atom is -0.445 e. The van der Waals surface area contributed by atoms with E-state index < -0.39 is 0 Å². The van der Waals surface area contributed by atoms with E-state index in [2.05, 4.69) is 11.5 Å². The predicted molar refractivity (Wildman–Crippen MR) is 79.5 cm³/mol. The van der Waals surface area contributed by atoms with Crippen molar-refractivity contribution in [3.05, 3.63) is 48.0 Å². The molecule has 0 unspecified atom stereocenters. The van der Waals surface area contributed by atoms with Crippen molar-refractivity contribution in [1.82, 2.24) is 9.80 Å². The van der Waals surface area contributed by atoms with Crippen molar-refractivity contribution in [2.24, 2.45) is 0 Å². The van der Waals surface area contributed by atoms with Crippen LogP contribution >= 0.6 is 0 Å². The molecule has 1 heterocycles. The molecule has 1 aliphatic heterocycles. The van der Waals surface area contributed by atoms with E-state index in [1.165, 1.54) is 0 Å². The summed E-state index contributed by atoms with van der Waals surface area (Å²) in [7, 11) is 0. The molecule has 4 heteroatoms. The lowest BCUT2D eigenvalue weighted by Gasteiger charge is -2.34. The van der Waals surface area contributed by atoms with Crippen molar-refractivity contribution >= 4 is 6.09 Å². The monoisotopic (exact) mass is 274 g/mol. The summed E-state index contributed by atoms with van der Waals surface area (Å²) in [6, 6.07) is 9.75. The first kappa shape index (κ1) is 14.6. The fourth-order valence-electron chi connectivity index (χ4n) is 2.28. The van der Waals surface area contributed by atoms with E-state index in [4.69, 9.17) is 4.74 Å². The quantitative estimate of drug-likeness (QED) is 0.791. The maximum Gasteiger partial charge on any atom is 0.410 e. The molecular formula is C16H22N2O2. The standard InChI is InChI=1S/C16H22N2O2/c1-14(2)12-17-8-10-18(11-9-17)16(19)20-13-15-6-4-3-5-7-15/h3-7H,1,8-13H2,2H3. The van der Waals surface area contributed by atoms with Gasteiger partial charge in [0.15, 0.2) is 0 Å². The van der Waals surface area contributed by atoms with Gasteiger partial charge >= 0.3 is 6.09 Å². The molecule has 0 aliphatic carbocycles. The van der Waals surface area contributed by atoms with Crippen LogP contribution in [0.2, 0.25) is 0 Å². The van der Waals surface area contributed by atoms with Crippen LogP contribution in [0.15, 0.2) is 42.5 Å². The van der Waals surface area contributed by atoms with Crippen LogP contribution in [-0.4, -0.2) is 48.6 Å². The average Bonchev–Trinajstić information content (AvgIpc) is 2.46. The Balaban J connectivity index is 1.73. The van der Waals surface area contributed by atoms with Crippen LogP contribution in [0.1, 0.15) is 12.5 Å². The van der Waals surface area contributed by atoms with Gasteiger partial charge in [0.2, 0.25) is 0 Å². The lowest BCUT2D eigenvalue weighted by Crippen LogP contribution is -2.49. The molecule has 1 amide bonds. The Bertz CT molecular complexity index is 451. The Morgan fingerprint density at radius 1 is 1.20 bits per heavy atom. The number of rotatable bonds is 4. The van der Waals surface area contributed by atoms with Crippen LogP contribution < -0.4 is 0 Å². The van der Waals surface area contributed by atoms with Crippen molar-refractivity contribution in [1.29, 1.82) is 0 Å². The highest BCUT2D eigenvalue weighted by Gasteiger charge is 2.21. The number of carbonyl (C=O) groups is 1. The molecule has 0 N–H and O–H groups in total. The smallest absolute Gasteiger partial charge is 0.410 e. The Hall–Kier alpha value is -1.81. The summed E-state index contributed by atoms with van der Waals surface area (Å²) in [6.07, 6.45) is -0.219. The van der Waals surface area contributed by atoms with Crippen LogP contribution in [0.25, 0.3) is 0 Å². The van der Waals surface area contributed by atoms with Gasteiger partial charge in [-0.3, -0.25) is 4.90 Å². The third kappa shape index (κ3) is 4.38. The topological polar surface area (TPSA) is 32.8 Å². The zero-order valence-corrected chi connectivity index (χ0v) is 12.0. The van der Waals surface area contributed by atoms with Gasteiger partial charge in [0.1, 0.15) is 6.61 Å². The molecule has 20 heavy (non-hydrogen) atoms. The van der Waals surface area contributed by atoms with E-state index in [9.17, 15) is 4.79 Å². The lowest BCUT2D eigenvalue weighted by atomic mass is 10.2. The number of amides is 1. The number of benzene rings is 1. The molecule has 1 saturated heterocycles. The van der Waals surface area contributed by atoms with E-state index in [0.29, 0.717) is 6.61 Å². The summed E-state index contributed by atoms with van der Waals surface area (Å²) in [6.45, 7) is 10.4. The van der Waals surface area contributed by atoms with Gasteiger partial charge in [-0.15, -0.1) is 0 Å². The van der Waals surface area contributed by atoms with Crippen LogP contribution in [0, 0.1) is 0 Å². The second-order valence-electron chi connectivity index (χ2n) is 5.26. The first-order valence-corrected chi connectivity index (χ1v) is 6.97. The second-order valence-corrected chi connectivity index (χ2v) is 5.26. The number of piperazine rings is 1. The van der Waals surface area contributed by atoms with Crippen molar-refractivity contribution in [3.8, 4) is 0 Å². The third-order valence-electron chi connectivity index (χ3n) is 3.33. The van der Waals surface area contributed by atoms with Gasteiger partial charge in [-0.1, -0.05) is 42.5 Å². The predicted octanol–water partition coefficient (Wildman–Crippen LogP) is 2.52. The number of hydrogen-bond acceptors (Lipinski definition) is 3. The van der Waals surface area contributed by atoms with E-state index in [-0.39, 0.29) is 6.09 Å². The van der Waals surface area contributed by atoms with Gasteiger partial charge in [0.05, 0.1) is 0 Å². The first-order chi connectivity index (χ1) is 9.65. The Labute approximate surface area is 120 Å². The molecular weight excluding hydrogens is 252 g/mol. The normalized spacial score (nSPS) is 15.9. The number of hydrogen-bond donors (Lipinski definition) is 0. The van der Waals surface area contributed by atoms with Gasteiger partial charge in [-0.2, -0.15) is 0 Å². The summed E-state index contributed by atoms with van der Waals surface area (Å²) >= 11 is 0. The molecule has 0 bridgehead atoms. The lowest BCUT2D eigenvalue weighted by molar-refractivity contribution is 0.0737. The summed E-state index contributed by atoms with van der Waals surface area (Å²) in [4.78, 5) is 16.1. The summed E-state index contributed by atoms with van der Waals surface area (Å²) in [5, 5.41) is 0. The zero-order valence-electron chi connectivity index (χ0n) is 12.0. The van der Waals surface area contributed by atoms with E-state index in [1.807, 2.05) is 37.3 Å². The fraction of sp³-hybridized carbons (Fsp3) is 0.438. The molecule has 0 aromatic heterocycles. The summed E-state index contributed by atoms with van der Waals surface area (Å²) < 4.78 is 5.33. The van der Waals surface area contributed by atoms with Gasteiger partial charge in [0.25, 0.3) is 0 Å². The Morgan fingerprint density at radius 3 is 2.45 bits per heavy atom. The molecule has 0 radical (unpaired) electrons. The van der Waals surface area contributed by atoms with Crippen molar-refractivity contribution in [2.75, 3.05) is 32.7 Å². The molecule has 0 atom stereocenters. The second kappa shape index (κ2) is 7.10. The van der Waals surface area contributed by atoms with E-state index in [0.717, 1.165) is 43.9 Å². The highest BCUT2D eigenvalue weighted by Crippen LogP contribution is 2.07. The van der Waals surface area contributed by atoms with Crippen LogP contribution in [-0.2, 0) is 11.3 Å². The highest BCUT2D eigenvalue weighted by atomic mass is 16.6. The number of ether oxygens (including phenoxy) is 1. The molecule has 4 nitrogen and oxygen atoms in total. The summed E-state index contributed by atoms with van der Waals surface area (Å²) in [5.41, 5.74) is 2.17. The van der Waals surface area contributed by atoms with Gasteiger partial charge < -0.3 is 9.64 Å². The van der Waals surface area contributed by atoms with Gasteiger partial charge in [-0.05, 0) is 12.5 Å². The number of nitrogens with zero attached hydrogens (tertiary/aromatic N) is 2. The van der Waals surface area contributed by atoms with Crippen molar-refractivity contribution in [2.45, 2.75) is 13.5 Å². The highest BCUT2D eigenvalue weighted by molar-refractivity contribution is 5.67. The molecule has 1 aliphatic rings. The van der Waals surface area contributed by atoms with Crippen molar-refractivity contribution in [3.63, 3.8) is 0 Å². The van der Waals surface area contributed by atoms with Gasteiger partial charge in [-0.25, -0.2) is 4.79 Å².